The molecule has 1 aliphatic heterocycles. The Morgan fingerprint density at radius 2 is 1.71 bits per heavy atom. The second kappa shape index (κ2) is 9.21. The molecule has 2 heterocycles. The highest BCUT2D eigenvalue weighted by Gasteiger charge is 2.20. The summed E-state index contributed by atoms with van der Waals surface area (Å²) < 4.78 is 10.5. The molecular formula is C21H25N3O4. The van der Waals surface area contributed by atoms with Crippen LogP contribution in [0.4, 0.5) is 0 Å². The predicted molar refractivity (Wildman–Crippen MR) is 105 cm³/mol. The Bertz CT molecular complexity index is 847. The van der Waals surface area contributed by atoms with Crippen molar-refractivity contribution in [3.63, 3.8) is 0 Å². The number of aromatic nitrogens is 1. The Balaban J connectivity index is 1.65. The van der Waals surface area contributed by atoms with Gasteiger partial charge in [-0.15, -0.1) is 0 Å². The van der Waals surface area contributed by atoms with E-state index in [0.29, 0.717) is 23.7 Å². The van der Waals surface area contributed by atoms with Gasteiger partial charge in [-0.1, -0.05) is 12.1 Å². The summed E-state index contributed by atoms with van der Waals surface area (Å²) in [7, 11) is 3.14. The summed E-state index contributed by atoms with van der Waals surface area (Å²) in [6, 6.07) is 10.4. The lowest BCUT2D eigenvalue weighted by atomic mass is 10.1. The van der Waals surface area contributed by atoms with Crippen LogP contribution in [-0.2, 0) is 6.54 Å². The second-order valence-electron chi connectivity index (χ2n) is 6.63. The van der Waals surface area contributed by atoms with Crippen LogP contribution in [0.25, 0.3) is 0 Å². The maximum atomic E-state index is 12.6. The van der Waals surface area contributed by atoms with E-state index in [1.807, 2.05) is 12.1 Å². The fourth-order valence-electron chi connectivity index (χ4n) is 3.20. The zero-order valence-electron chi connectivity index (χ0n) is 16.2. The van der Waals surface area contributed by atoms with E-state index in [4.69, 9.17) is 9.47 Å². The van der Waals surface area contributed by atoms with Gasteiger partial charge in [0.15, 0.2) is 11.5 Å². The van der Waals surface area contributed by atoms with Crippen molar-refractivity contribution in [1.29, 1.82) is 0 Å². The Morgan fingerprint density at radius 1 is 1.00 bits per heavy atom. The molecule has 3 rings (SSSR count). The van der Waals surface area contributed by atoms with Gasteiger partial charge in [0.25, 0.3) is 11.8 Å². The molecule has 7 nitrogen and oxygen atoms in total. The van der Waals surface area contributed by atoms with Crippen LogP contribution in [0, 0.1) is 0 Å². The highest BCUT2D eigenvalue weighted by molar-refractivity contribution is 5.96. The van der Waals surface area contributed by atoms with Crippen LogP contribution in [0.2, 0.25) is 0 Å². The third-order valence-corrected chi connectivity index (χ3v) is 4.75. The zero-order valence-corrected chi connectivity index (χ0v) is 16.2. The molecule has 0 saturated carbocycles. The standard InChI is InChI=1S/C21H25N3O4/c1-27-18-10-9-15(13-19(18)28-2)14-22-20(25)16-7-6-8-17(23-16)21(26)24-11-4-3-5-12-24/h6-10,13H,3-5,11-12,14H2,1-2H3,(H,22,25). The van der Waals surface area contributed by atoms with E-state index in [-0.39, 0.29) is 17.5 Å². The highest BCUT2D eigenvalue weighted by atomic mass is 16.5. The van der Waals surface area contributed by atoms with Gasteiger partial charge in [-0.05, 0) is 49.1 Å². The summed E-state index contributed by atoms with van der Waals surface area (Å²) in [5, 5.41) is 2.83. The SMILES string of the molecule is COc1ccc(CNC(=O)c2cccc(C(=O)N3CCCCC3)n2)cc1OC. The lowest BCUT2D eigenvalue weighted by Crippen LogP contribution is -2.36. The van der Waals surface area contributed by atoms with Gasteiger partial charge >= 0.3 is 0 Å². The molecule has 148 valence electrons. The minimum absolute atomic E-state index is 0.116. The zero-order chi connectivity index (χ0) is 19.9. The number of carbonyl (C=O) groups is 2. The first kappa shape index (κ1) is 19.7. The summed E-state index contributed by atoms with van der Waals surface area (Å²) in [5.74, 6) is 0.780. The largest absolute Gasteiger partial charge is 0.493 e. The minimum atomic E-state index is -0.330. The average molecular weight is 383 g/mol. The van der Waals surface area contributed by atoms with Crippen molar-refractivity contribution in [1.82, 2.24) is 15.2 Å². The van der Waals surface area contributed by atoms with Crippen LogP contribution < -0.4 is 14.8 Å². The topological polar surface area (TPSA) is 80.8 Å². The number of pyridine rings is 1. The van der Waals surface area contributed by atoms with Crippen molar-refractivity contribution >= 4 is 11.8 Å². The Morgan fingerprint density at radius 3 is 2.43 bits per heavy atom. The van der Waals surface area contributed by atoms with Crippen molar-refractivity contribution in [2.45, 2.75) is 25.8 Å². The number of nitrogens with zero attached hydrogens (tertiary/aromatic N) is 2. The van der Waals surface area contributed by atoms with Crippen LogP contribution in [0.15, 0.2) is 36.4 Å². The van der Waals surface area contributed by atoms with E-state index < -0.39 is 0 Å². The quantitative estimate of drug-likeness (QED) is 0.829. The van der Waals surface area contributed by atoms with Crippen molar-refractivity contribution in [2.24, 2.45) is 0 Å². The van der Waals surface area contributed by atoms with E-state index in [1.165, 1.54) is 0 Å². The molecule has 2 amide bonds. The first-order valence-electron chi connectivity index (χ1n) is 9.38. The minimum Gasteiger partial charge on any atom is -0.493 e. The maximum absolute atomic E-state index is 12.6. The Kier molecular flexibility index (Phi) is 6.47. The van der Waals surface area contributed by atoms with Gasteiger partial charge in [0.2, 0.25) is 0 Å². The molecule has 1 N–H and O–H groups in total. The van der Waals surface area contributed by atoms with Gasteiger partial charge < -0.3 is 19.7 Å². The van der Waals surface area contributed by atoms with Gasteiger partial charge in [0.05, 0.1) is 14.2 Å². The van der Waals surface area contributed by atoms with Crippen LogP contribution in [-0.4, -0.2) is 49.0 Å². The van der Waals surface area contributed by atoms with Gasteiger partial charge in [-0.25, -0.2) is 4.98 Å². The fraction of sp³-hybridized carbons (Fsp3) is 0.381. The molecule has 0 unspecified atom stereocenters. The third-order valence-electron chi connectivity index (χ3n) is 4.75. The number of piperidine rings is 1. The molecule has 1 aromatic heterocycles. The van der Waals surface area contributed by atoms with Crippen molar-refractivity contribution in [2.75, 3.05) is 27.3 Å². The summed E-state index contributed by atoms with van der Waals surface area (Å²) in [6.45, 7) is 1.80. The number of nitrogens with one attached hydrogen (secondary N) is 1. The molecule has 28 heavy (non-hydrogen) atoms. The molecule has 0 radical (unpaired) electrons. The summed E-state index contributed by atoms with van der Waals surface area (Å²) in [6.07, 6.45) is 3.17. The van der Waals surface area contributed by atoms with Crippen LogP contribution >= 0.6 is 0 Å². The lowest BCUT2D eigenvalue weighted by molar-refractivity contribution is 0.0718. The third kappa shape index (κ3) is 4.60. The van der Waals surface area contributed by atoms with Crippen LogP contribution in [0.5, 0.6) is 11.5 Å². The van der Waals surface area contributed by atoms with Gasteiger partial charge in [0.1, 0.15) is 11.4 Å². The highest BCUT2D eigenvalue weighted by Crippen LogP contribution is 2.27. The van der Waals surface area contributed by atoms with Crippen molar-refractivity contribution in [3.8, 4) is 11.5 Å². The first-order chi connectivity index (χ1) is 13.6. The first-order valence-corrected chi connectivity index (χ1v) is 9.38. The Labute approximate surface area is 164 Å². The molecule has 1 fully saturated rings. The number of methoxy groups -OCH3 is 2. The summed E-state index contributed by atoms with van der Waals surface area (Å²) >= 11 is 0. The van der Waals surface area contributed by atoms with Crippen molar-refractivity contribution in [3.05, 3.63) is 53.3 Å². The molecule has 0 atom stereocenters. The van der Waals surface area contributed by atoms with E-state index in [1.54, 1.807) is 43.4 Å². The number of amides is 2. The molecule has 1 saturated heterocycles. The lowest BCUT2D eigenvalue weighted by Gasteiger charge is -2.26. The molecule has 0 spiro atoms. The number of hydrogen-bond acceptors (Lipinski definition) is 5. The molecule has 2 aromatic rings. The number of likely N-dealkylation sites (tertiary alicyclic amines) is 1. The van der Waals surface area contributed by atoms with Crippen molar-refractivity contribution < 1.29 is 19.1 Å². The number of ether oxygens (including phenoxy) is 2. The van der Waals surface area contributed by atoms with E-state index in [2.05, 4.69) is 10.3 Å². The van der Waals surface area contributed by atoms with Gasteiger partial charge in [0, 0.05) is 19.6 Å². The molecular weight excluding hydrogens is 358 g/mol. The normalized spacial score (nSPS) is 13.7. The molecule has 0 bridgehead atoms. The molecule has 0 aliphatic carbocycles. The van der Waals surface area contributed by atoms with Crippen LogP contribution in [0.1, 0.15) is 45.8 Å². The average Bonchev–Trinajstić information content (AvgIpc) is 2.77. The Hall–Kier alpha value is -3.09. The smallest absolute Gasteiger partial charge is 0.272 e. The number of rotatable bonds is 6. The second-order valence-corrected chi connectivity index (χ2v) is 6.63. The fourth-order valence-corrected chi connectivity index (χ4v) is 3.20. The van der Waals surface area contributed by atoms with E-state index in [0.717, 1.165) is 37.9 Å². The molecule has 1 aromatic carbocycles. The summed E-state index contributed by atoms with van der Waals surface area (Å²) in [4.78, 5) is 31.2. The molecule has 1 aliphatic rings. The predicted octanol–water partition coefficient (Wildman–Crippen LogP) is 2.65. The monoisotopic (exact) mass is 383 g/mol. The van der Waals surface area contributed by atoms with Gasteiger partial charge in [-0.3, -0.25) is 9.59 Å². The van der Waals surface area contributed by atoms with E-state index >= 15 is 0 Å². The van der Waals surface area contributed by atoms with Crippen LogP contribution in [0.3, 0.4) is 0 Å². The van der Waals surface area contributed by atoms with E-state index in [9.17, 15) is 9.59 Å². The van der Waals surface area contributed by atoms with Gasteiger partial charge in [-0.2, -0.15) is 0 Å². The number of hydrogen-bond donors (Lipinski definition) is 1. The maximum Gasteiger partial charge on any atom is 0.272 e. The molecule has 7 heteroatoms. The number of carbonyl (C=O) groups excluding carboxylic acids is 2. The number of benzene rings is 1. The summed E-state index contributed by atoms with van der Waals surface area (Å²) in [5.41, 5.74) is 1.40.